The summed E-state index contributed by atoms with van der Waals surface area (Å²) in [5.41, 5.74) is 0.612. The van der Waals surface area contributed by atoms with E-state index in [-0.39, 0.29) is 30.9 Å². The molecule has 0 aromatic carbocycles. The number of nitrogens with one attached hydrogen (secondary N) is 1. The Labute approximate surface area is 115 Å². The maximum atomic E-state index is 13.1. The minimum absolute atomic E-state index is 0.144. The molecule has 0 radical (unpaired) electrons. The first-order valence-electron chi connectivity index (χ1n) is 6.19. The Morgan fingerprint density at radius 2 is 2.40 bits per heavy atom. The molecule has 0 aliphatic carbocycles. The lowest BCUT2D eigenvalue weighted by Crippen LogP contribution is -2.46. The van der Waals surface area contributed by atoms with Gasteiger partial charge in [-0.15, -0.1) is 0 Å². The van der Waals surface area contributed by atoms with Crippen LogP contribution in [0.2, 0.25) is 0 Å². The fourth-order valence-electron chi connectivity index (χ4n) is 2.24. The number of rotatable bonds is 5. The van der Waals surface area contributed by atoms with Gasteiger partial charge < -0.3 is 15.0 Å². The largest absolute Gasteiger partial charge is 0.357 e. The number of likely N-dealkylation sites (N-methyl/N-ethyl adjacent to an activating group) is 1. The molecule has 2 rings (SSSR count). The Hall–Kier alpha value is -2.31. The zero-order chi connectivity index (χ0) is 14.7. The van der Waals surface area contributed by atoms with Crippen LogP contribution in [-0.2, 0) is 16.1 Å². The molecule has 0 bridgehead atoms. The first-order valence-corrected chi connectivity index (χ1v) is 6.19. The van der Waals surface area contributed by atoms with Gasteiger partial charge in [0.05, 0.1) is 24.0 Å². The molecule has 6 nitrogen and oxygen atoms in total. The van der Waals surface area contributed by atoms with Crippen LogP contribution in [0.25, 0.3) is 0 Å². The monoisotopic (exact) mass is 279 g/mol. The highest BCUT2D eigenvalue weighted by molar-refractivity contribution is 6.00. The van der Waals surface area contributed by atoms with E-state index in [1.165, 1.54) is 11.9 Å². The number of hydrogen-bond donors (Lipinski definition) is 1. The van der Waals surface area contributed by atoms with E-state index in [1.807, 2.05) is 0 Å². The highest BCUT2D eigenvalue weighted by Crippen LogP contribution is 2.25. The lowest BCUT2D eigenvalue weighted by atomic mass is 10.1. The molecule has 0 saturated carbocycles. The molecular formula is C13H14FN3O3. The van der Waals surface area contributed by atoms with Crippen LogP contribution < -0.4 is 5.32 Å². The molecule has 0 fully saturated rings. The Morgan fingerprint density at radius 3 is 3.05 bits per heavy atom. The van der Waals surface area contributed by atoms with E-state index in [0.29, 0.717) is 12.0 Å². The second-order valence-electron chi connectivity index (χ2n) is 4.45. The average Bonchev–Trinajstić information content (AvgIpc) is 2.76. The molecule has 20 heavy (non-hydrogen) atoms. The average molecular weight is 279 g/mol. The highest BCUT2D eigenvalue weighted by atomic mass is 19.1. The summed E-state index contributed by atoms with van der Waals surface area (Å²) in [4.78, 5) is 39.7. The zero-order valence-electron chi connectivity index (χ0n) is 10.9. The maximum Gasteiger partial charge on any atom is 0.256 e. The van der Waals surface area contributed by atoms with Crippen LogP contribution in [0.4, 0.5) is 4.39 Å². The second-order valence-corrected chi connectivity index (χ2v) is 4.45. The SMILES string of the molecule is CNC(=O)C(CCC=O)N1Cc2ncc(F)cc2C1=O. The van der Waals surface area contributed by atoms with Crippen LogP contribution in [0.5, 0.6) is 0 Å². The van der Waals surface area contributed by atoms with Gasteiger partial charge in [0.15, 0.2) is 0 Å². The number of halogens is 1. The van der Waals surface area contributed by atoms with Crippen molar-refractivity contribution in [1.82, 2.24) is 15.2 Å². The van der Waals surface area contributed by atoms with Crippen LogP contribution in [0.15, 0.2) is 12.3 Å². The Morgan fingerprint density at radius 1 is 1.65 bits per heavy atom. The van der Waals surface area contributed by atoms with Gasteiger partial charge in [-0.25, -0.2) is 4.39 Å². The van der Waals surface area contributed by atoms with E-state index in [4.69, 9.17) is 0 Å². The van der Waals surface area contributed by atoms with Crippen molar-refractivity contribution < 1.29 is 18.8 Å². The molecule has 106 valence electrons. The van der Waals surface area contributed by atoms with Gasteiger partial charge in [-0.3, -0.25) is 14.6 Å². The molecule has 1 aromatic rings. The van der Waals surface area contributed by atoms with Crippen molar-refractivity contribution in [1.29, 1.82) is 0 Å². The normalized spacial score (nSPS) is 14.9. The summed E-state index contributed by atoms with van der Waals surface area (Å²) in [6.45, 7) is 0.144. The number of nitrogens with zero attached hydrogens (tertiary/aromatic N) is 2. The van der Waals surface area contributed by atoms with Crippen LogP contribution >= 0.6 is 0 Å². The lowest BCUT2D eigenvalue weighted by molar-refractivity contribution is -0.125. The summed E-state index contributed by atoms with van der Waals surface area (Å²) in [6, 6.07) is 0.362. The van der Waals surface area contributed by atoms with Gasteiger partial charge in [0.2, 0.25) is 5.91 Å². The van der Waals surface area contributed by atoms with E-state index in [0.717, 1.165) is 12.3 Å². The third kappa shape index (κ3) is 2.52. The van der Waals surface area contributed by atoms with E-state index in [1.54, 1.807) is 0 Å². The van der Waals surface area contributed by atoms with E-state index in [2.05, 4.69) is 10.3 Å². The highest BCUT2D eigenvalue weighted by Gasteiger charge is 2.36. The Kier molecular flexibility index (Phi) is 4.07. The molecule has 1 atom stereocenters. The molecule has 1 aromatic heterocycles. The Balaban J connectivity index is 2.26. The third-order valence-electron chi connectivity index (χ3n) is 3.23. The second kappa shape index (κ2) is 5.77. The summed E-state index contributed by atoms with van der Waals surface area (Å²) < 4.78 is 13.1. The Bertz CT molecular complexity index is 562. The van der Waals surface area contributed by atoms with Gasteiger partial charge in [-0.1, -0.05) is 0 Å². The summed E-state index contributed by atoms with van der Waals surface area (Å²) >= 11 is 0. The van der Waals surface area contributed by atoms with Gasteiger partial charge in [0.1, 0.15) is 18.1 Å². The number of carbonyl (C=O) groups excluding carboxylic acids is 3. The standard InChI is InChI=1S/C13H14FN3O3/c1-15-12(19)11(3-2-4-18)17-7-10-9(13(17)20)5-8(14)6-16-10/h4-6,11H,2-3,7H2,1H3,(H,15,19). The summed E-state index contributed by atoms with van der Waals surface area (Å²) in [7, 11) is 1.46. The molecule has 2 amide bonds. The molecule has 0 saturated heterocycles. The van der Waals surface area contributed by atoms with Crippen LogP contribution in [0.1, 0.15) is 28.9 Å². The van der Waals surface area contributed by atoms with Gasteiger partial charge in [-0.2, -0.15) is 0 Å². The van der Waals surface area contributed by atoms with E-state index in [9.17, 15) is 18.8 Å². The van der Waals surface area contributed by atoms with Gasteiger partial charge >= 0.3 is 0 Å². The first kappa shape index (κ1) is 14.1. The fraction of sp³-hybridized carbons (Fsp3) is 0.385. The van der Waals surface area contributed by atoms with Crippen molar-refractivity contribution >= 4 is 18.1 Å². The molecule has 2 heterocycles. The van der Waals surface area contributed by atoms with Gasteiger partial charge in [0.25, 0.3) is 5.91 Å². The quantitative estimate of drug-likeness (QED) is 0.785. The predicted molar refractivity (Wildman–Crippen MR) is 67.2 cm³/mol. The number of aldehydes is 1. The number of hydrogen-bond acceptors (Lipinski definition) is 4. The third-order valence-corrected chi connectivity index (χ3v) is 3.23. The van der Waals surface area contributed by atoms with Crippen molar-refractivity contribution in [3.63, 3.8) is 0 Å². The van der Waals surface area contributed by atoms with Crippen molar-refractivity contribution in [2.24, 2.45) is 0 Å². The van der Waals surface area contributed by atoms with E-state index < -0.39 is 17.8 Å². The summed E-state index contributed by atoms with van der Waals surface area (Å²) in [5, 5.41) is 2.47. The lowest BCUT2D eigenvalue weighted by Gasteiger charge is -2.25. The number of fused-ring (bicyclic) bond motifs is 1. The molecular weight excluding hydrogens is 265 g/mol. The van der Waals surface area contributed by atoms with Crippen molar-refractivity contribution in [3.05, 3.63) is 29.3 Å². The molecule has 1 unspecified atom stereocenters. The first-order chi connectivity index (χ1) is 9.58. The van der Waals surface area contributed by atoms with Crippen molar-refractivity contribution in [2.45, 2.75) is 25.4 Å². The van der Waals surface area contributed by atoms with Crippen LogP contribution in [0, 0.1) is 5.82 Å². The number of carbonyl (C=O) groups is 3. The summed E-state index contributed by atoms with van der Waals surface area (Å²) in [5.74, 6) is -1.39. The fourth-order valence-corrected chi connectivity index (χ4v) is 2.24. The molecule has 0 spiro atoms. The molecule has 1 aliphatic heterocycles. The topological polar surface area (TPSA) is 79.4 Å². The van der Waals surface area contributed by atoms with Gasteiger partial charge in [-0.05, 0) is 12.5 Å². The van der Waals surface area contributed by atoms with Crippen molar-refractivity contribution in [2.75, 3.05) is 7.05 Å². The molecule has 1 aliphatic rings. The van der Waals surface area contributed by atoms with E-state index >= 15 is 0 Å². The molecule has 7 heteroatoms. The molecule has 1 N–H and O–H groups in total. The van der Waals surface area contributed by atoms with Crippen LogP contribution in [0.3, 0.4) is 0 Å². The number of pyridine rings is 1. The van der Waals surface area contributed by atoms with Gasteiger partial charge in [0, 0.05) is 13.5 Å². The predicted octanol–water partition coefficient (Wildman–Crippen LogP) is 0.270. The minimum atomic E-state index is -0.755. The number of aromatic nitrogens is 1. The summed E-state index contributed by atoms with van der Waals surface area (Å²) in [6.07, 6.45) is 2.13. The van der Waals surface area contributed by atoms with Crippen LogP contribution in [-0.4, -0.2) is 41.1 Å². The number of amides is 2. The van der Waals surface area contributed by atoms with Crippen molar-refractivity contribution in [3.8, 4) is 0 Å². The minimum Gasteiger partial charge on any atom is -0.357 e. The smallest absolute Gasteiger partial charge is 0.256 e. The maximum absolute atomic E-state index is 13.1. The zero-order valence-corrected chi connectivity index (χ0v) is 10.9.